The number of ether oxygens (including phenoxy) is 2. The molecule has 0 atom stereocenters. The van der Waals surface area contributed by atoms with Gasteiger partial charge in [-0.15, -0.1) is 0 Å². The number of methoxy groups -OCH3 is 1. The van der Waals surface area contributed by atoms with Crippen LogP contribution < -0.4 is 9.88 Å². The molecule has 0 bridgehead atoms. The molecule has 0 aliphatic rings. The van der Waals surface area contributed by atoms with Gasteiger partial charge in [-0.05, 0) is 12.1 Å². The van der Waals surface area contributed by atoms with Crippen molar-refractivity contribution in [1.82, 2.24) is 0 Å². The van der Waals surface area contributed by atoms with Crippen LogP contribution in [-0.2, 0) is 14.8 Å². The quantitative estimate of drug-likeness (QED) is 0.759. The highest BCUT2D eigenvalue weighted by atomic mass is 32.2. The molecule has 0 radical (unpaired) electrons. The second kappa shape index (κ2) is 5.65. The number of carbonyl (C=O) groups is 1. The predicted molar refractivity (Wildman–Crippen MR) is 61.3 cm³/mol. The van der Waals surface area contributed by atoms with Gasteiger partial charge in [0.15, 0.2) is 0 Å². The average molecular weight is 259 g/mol. The standard InChI is InChI=1S/C10H13NO5S/c1-15-10(12)8-4-2-3-5-9(8)16-6-7-17(11,13)14/h2-5H,6-7H2,1H3,(H2,11,13,14). The molecule has 0 spiro atoms. The lowest BCUT2D eigenvalue weighted by molar-refractivity contribution is 0.0596. The number of hydrogen-bond acceptors (Lipinski definition) is 5. The maximum atomic E-state index is 11.3. The molecule has 0 saturated heterocycles. The highest BCUT2D eigenvalue weighted by Crippen LogP contribution is 2.18. The molecule has 1 aromatic rings. The lowest BCUT2D eigenvalue weighted by Gasteiger charge is -2.09. The molecular weight excluding hydrogens is 246 g/mol. The Labute approximate surface area is 99.4 Å². The minimum absolute atomic E-state index is 0.118. The maximum Gasteiger partial charge on any atom is 0.341 e. The van der Waals surface area contributed by atoms with Gasteiger partial charge in [-0.1, -0.05) is 12.1 Å². The van der Waals surface area contributed by atoms with Crippen molar-refractivity contribution in [2.75, 3.05) is 19.5 Å². The van der Waals surface area contributed by atoms with E-state index in [9.17, 15) is 13.2 Å². The molecule has 1 aromatic carbocycles. The van der Waals surface area contributed by atoms with E-state index in [0.717, 1.165) is 0 Å². The number of para-hydroxylation sites is 1. The van der Waals surface area contributed by atoms with Crippen LogP contribution in [-0.4, -0.2) is 33.9 Å². The normalized spacial score (nSPS) is 10.9. The lowest BCUT2D eigenvalue weighted by atomic mass is 10.2. The summed E-state index contributed by atoms with van der Waals surface area (Å²) < 4.78 is 31.1. The first-order chi connectivity index (χ1) is 7.94. The second-order valence-electron chi connectivity index (χ2n) is 3.20. The zero-order valence-electron chi connectivity index (χ0n) is 9.25. The molecule has 0 aromatic heterocycles. The Kier molecular flexibility index (Phi) is 4.47. The number of esters is 1. The van der Waals surface area contributed by atoms with E-state index in [-0.39, 0.29) is 23.7 Å². The fraction of sp³-hybridized carbons (Fsp3) is 0.300. The fourth-order valence-corrected chi connectivity index (χ4v) is 1.45. The second-order valence-corrected chi connectivity index (χ2v) is 4.94. The molecule has 0 fully saturated rings. The topological polar surface area (TPSA) is 95.7 Å². The van der Waals surface area contributed by atoms with Gasteiger partial charge < -0.3 is 9.47 Å². The van der Waals surface area contributed by atoms with E-state index in [1.54, 1.807) is 18.2 Å². The summed E-state index contributed by atoms with van der Waals surface area (Å²) in [5.41, 5.74) is 0.240. The maximum absolute atomic E-state index is 11.3. The van der Waals surface area contributed by atoms with Crippen LogP contribution in [0, 0.1) is 0 Å². The summed E-state index contributed by atoms with van der Waals surface area (Å²) in [6.07, 6.45) is 0. The molecular formula is C10H13NO5S. The number of primary sulfonamides is 1. The molecule has 6 nitrogen and oxygen atoms in total. The number of carbonyl (C=O) groups excluding carboxylic acids is 1. The van der Waals surface area contributed by atoms with Gasteiger partial charge in [0.25, 0.3) is 0 Å². The summed E-state index contributed by atoms with van der Waals surface area (Å²) >= 11 is 0. The minimum Gasteiger partial charge on any atom is -0.492 e. The van der Waals surface area contributed by atoms with E-state index in [1.807, 2.05) is 0 Å². The molecule has 2 N–H and O–H groups in total. The van der Waals surface area contributed by atoms with Crippen LogP contribution in [0.3, 0.4) is 0 Å². The third kappa shape index (κ3) is 4.41. The van der Waals surface area contributed by atoms with Gasteiger partial charge in [0.1, 0.15) is 17.9 Å². The first kappa shape index (κ1) is 13.5. The molecule has 7 heteroatoms. The Morgan fingerprint density at radius 3 is 2.59 bits per heavy atom. The zero-order chi connectivity index (χ0) is 12.9. The first-order valence-electron chi connectivity index (χ1n) is 4.74. The highest BCUT2D eigenvalue weighted by molar-refractivity contribution is 7.89. The summed E-state index contributed by atoms with van der Waals surface area (Å²) in [6, 6.07) is 6.39. The van der Waals surface area contributed by atoms with Crippen LogP contribution in [0.25, 0.3) is 0 Å². The SMILES string of the molecule is COC(=O)c1ccccc1OCCS(N)(=O)=O. The van der Waals surface area contributed by atoms with E-state index in [4.69, 9.17) is 9.88 Å². The van der Waals surface area contributed by atoms with Crippen LogP contribution in [0.2, 0.25) is 0 Å². The number of benzene rings is 1. The summed E-state index contributed by atoms with van der Waals surface area (Å²) in [7, 11) is -2.32. The van der Waals surface area contributed by atoms with Crippen molar-refractivity contribution in [1.29, 1.82) is 0 Å². The number of rotatable bonds is 5. The zero-order valence-corrected chi connectivity index (χ0v) is 10.1. The Bertz CT molecular complexity index is 497. The third-order valence-corrected chi connectivity index (χ3v) is 2.65. The van der Waals surface area contributed by atoms with Crippen molar-refractivity contribution in [3.63, 3.8) is 0 Å². The average Bonchev–Trinajstić information content (AvgIpc) is 2.27. The molecule has 0 unspecified atom stereocenters. The van der Waals surface area contributed by atoms with Crippen LogP contribution in [0.1, 0.15) is 10.4 Å². The Balaban J connectivity index is 2.74. The largest absolute Gasteiger partial charge is 0.492 e. The molecule has 0 aliphatic heterocycles. The van der Waals surface area contributed by atoms with Gasteiger partial charge in [0.2, 0.25) is 10.0 Å². The van der Waals surface area contributed by atoms with Crippen molar-refractivity contribution < 1.29 is 22.7 Å². The van der Waals surface area contributed by atoms with Gasteiger partial charge in [-0.2, -0.15) is 0 Å². The molecule has 1 rings (SSSR count). The van der Waals surface area contributed by atoms with Gasteiger partial charge in [-0.3, -0.25) is 0 Å². The monoisotopic (exact) mass is 259 g/mol. The highest BCUT2D eigenvalue weighted by Gasteiger charge is 2.12. The summed E-state index contributed by atoms with van der Waals surface area (Å²) in [5.74, 6) is -0.595. The van der Waals surface area contributed by atoms with E-state index in [2.05, 4.69) is 4.74 Å². The van der Waals surface area contributed by atoms with Gasteiger partial charge >= 0.3 is 5.97 Å². The Hall–Kier alpha value is -1.60. The van der Waals surface area contributed by atoms with Crippen molar-refractivity contribution in [2.45, 2.75) is 0 Å². The van der Waals surface area contributed by atoms with E-state index < -0.39 is 16.0 Å². The van der Waals surface area contributed by atoms with Crippen LogP contribution in [0.15, 0.2) is 24.3 Å². The summed E-state index contributed by atoms with van der Waals surface area (Å²) in [6.45, 7) is -0.118. The lowest BCUT2D eigenvalue weighted by Crippen LogP contribution is -2.21. The smallest absolute Gasteiger partial charge is 0.341 e. The van der Waals surface area contributed by atoms with Crippen LogP contribution >= 0.6 is 0 Å². The molecule has 17 heavy (non-hydrogen) atoms. The first-order valence-corrected chi connectivity index (χ1v) is 6.46. The molecule has 0 aliphatic carbocycles. The van der Waals surface area contributed by atoms with Crippen molar-refractivity contribution in [3.8, 4) is 5.75 Å². The fourth-order valence-electron chi connectivity index (χ4n) is 1.14. The van der Waals surface area contributed by atoms with Gasteiger partial charge in [-0.25, -0.2) is 18.4 Å². The number of hydrogen-bond donors (Lipinski definition) is 1. The van der Waals surface area contributed by atoms with Crippen LogP contribution in [0.5, 0.6) is 5.75 Å². The van der Waals surface area contributed by atoms with E-state index >= 15 is 0 Å². The van der Waals surface area contributed by atoms with Gasteiger partial charge in [0, 0.05) is 0 Å². The van der Waals surface area contributed by atoms with Crippen molar-refractivity contribution in [3.05, 3.63) is 29.8 Å². The summed E-state index contributed by atoms with van der Waals surface area (Å²) in [4.78, 5) is 11.3. The summed E-state index contributed by atoms with van der Waals surface area (Å²) in [5, 5.41) is 4.82. The van der Waals surface area contributed by atoms with E-state index in [1.165, 1.54) is 13.2 Å². The minimum atomic E-state index is -3.57. The number of sulfonamides is 1. The predicted octanol–water partition coefficient (Wildman–Crippen LogP) is 0.141. The Morgan fingerprint density at radius 2 is 2.00 bits per heavy atom. The van der Waals surface area contributed by atoms with Gasteiger partial charge in [0.05, 0.1) is 12.9 Å². The van der Waals surface area contributed by atoms with Crippen molar-refractivity contribution >= 4 is 16.0 Å². The van der Waals surface area contributed by atoms with Crippen molar-refractivity contribution in [2.24, 2.45) is 5.14 Å². The van der Waals surface area contributed by atoms with E-state index in [0.29, 0.717) is 0 Å². The molecule has 0 heterocycles. The number of nitrogens with two attached hydrogens (primary N) is 1. The Morgan fingerprint density at radius 1 is 1.35 bits per heavy atom. The molecule has 0 amide bonds. The third-order valence-electron chi connectivity index (χ3n) is 1.92. The van der Waals surface area contributed by atoms with Crippen LogP contribution in [0.4, 0.5) is 0 Å². The molecule has 94 valence electrons. The molecule has 0 saturated carbocycles.